The molecule has 2 aromatic carbocycles. The van der Waals surface area contributed by atoms with Gasteiger partial charge in [-0.1, -0.05) is 51.8 Å². The predicted octanol–water partition coefficient (Wildman–Crippen LogP) is 4.81. The van der Waals surface area contributed by atoms with Gasteiger partial charge in [-0.2, -0.15) is 0 Å². The zero-order valence-electron chi connectivity index (χ0n) is 11.5. The number of aryl methyl sites for hydroxylation is 1. The van der Waals surface area contributed by atoms with E-state index in [1.54, 1.807) is 0 Å². The van der Waals surface area contributed by atoms with Crippen LogP contribution in [0.2, 0.25) is 0 Å². The summed E-state index contributed by atoms with van der Waals surface area (Å²) in [5, 5.41) is 7.11. The molecule has 0 aliphatic heterocycles. The van der Waals surface area contributed by atoms with Gasteiger partial charge >= 0.3 is 0 Å². The summed E-state index contributed by atoms with van der Waals surface area (Å²) in [6, 6.07) is 16.4. The highest BCUT2D eigenvalue weighted by atomic mass is 79.9. The lowest BCUT2D eigenvalue weighted by atomic mass is 10.1. The molecule has 0 spiro atoms. The van der Waals surface area contributed by atoms with Crippen LogP contribution in [-0.2, 0) is 0 Å². The second kappa shape index (κ2) is 6.86. The lowest BCUT2D eigenvalue weighted by Crippen LogP contribution is -2.31. The van der Waals surface area contributed by atoms with Crippen LogP contribution in [0.15, 0.2) is 53.0 Å². The fraction of sp³-hybridized carbons (Fsp3) is 0.188. The first kappa shape index (κ1) is 15.0. The Kier molecular flexibility index (Phi) is 5.15. The molecule has 0 aliphatic carbocycles. The zero-order chi connectivity index (χ0) is 14.5. The van der Waals surface area contributed by atoms with Gasteiger partial charge in [0.25, 0.3) is 0 Å². The highest BCUT2D eigenvalue weighted by molar-refractivity contribution is 9.10. The van der Waals surface area contributed by atoms with Crippen LogP contribution in [0.4, 0.5) is 5.69 Å². The van der Waals surface area contributed by atoms with Gasteiger partial charge in [-0.05, 0) is 49.8 Å². The summed E-state index contributed by atoms with van der Waals surface area (Å²) in [5.41, 5.74) is 3.41. The predicted molar refractivity (Wildman–Crippen MR) is 93.1 cm³/mol. The third-order valence-electron chi connectivity index (χ3n) is 3.03. The molecule has 0 saturated heterocycles. The summed E-state index contributed by atoms with van der Waals surface area (Å²) in [4.78, 5) is 0. The number of halogens is 1. The van der Waals surface area contributed by atoms with E-state index >= 15 is 0 Å². The Balaban J connectivity index is 1.98. The third-order valence-corrected chi connectivity index (χ3v) is 3.97. The summed E-state index contributed by atoms with van der Waals surface area (Å²) in [6.45, 7) is 4.15. The summed E-state index contributed by atoms with van der Waals surface area (Å²) >= 11 is 8.91. The van der Waals surface area contributed by atoms with Gasteiger partial charge < -0.3 is 10.6 Å². The number of thiocarbonyl (C=S) groups is 1. The first-order valence-electron chi connectivity index (χ1n) is 6.45. The molecular weight excluding hydrogens is 332 g/mol. The SMILES string of the molecule is Cc1ccc(NC(=S)N[C@@H](C)c2ccccc2Br)cc1. The van der Waals surface area contributed by atoms with Crippen molar-refractivity contribution < 1.29 is 0 Å². The van der Waals surface area contributed by atoms with E-state index in [0.717, 1.165) is 10.2 Å². The highest BCUT2D eigenvalue weighted by Crippen LogP contribution is 2.22. The Morgan fingerprint density at radius 1 is 1.10 bits per heavy atom. The van der Waals surface area contributed by atoms with Gasteiger partial charge in [-0.25, -0.2) is 0 Å². The van der Waals surface area contributed by atoms with Crippen LogP contribution in [0.5, 0.6) is 0 Å². The van der Waals surface area contributed by atoms with Crippen LogP contribution < -0.4 is 10.6 Å². The Bertz CT molecular complexity index is 596. The molecule has 0 aliphatic rings. The molecule has 0 heterocycles. The standard InChI is InChI=1S/C16H17BrN2S/c1-11-7-9-13(10-8-11)19-16(20)18-12(2)14-5-3-4-6-15(14)17/h3-10,12H,1-2H3,(H2,18,19,20)/t12-/m0/s1. The number of benzene rings is 2. The summed E-state index contributed by atoms with van der Waals surface area (Å²) in [5.74, 6) is 0. The minimum absolute atomic E-state index is 0.135. The van der Waals surface area contributed by atoms with E-state index in [-0.39, 0.29) is 6.04 Å². The van der Waals surface area contributed by atoms with Gasteiger partial charge in [-0.15, -0.1) is 0 Å². The van der Waals surface area contributed by atoms with Crippen molar-refractivity contribution >= 4 is 38.9 Å². The van der Waals surface area contributed by atoms with E-state index in [1.165, 1.54) is 11.1 Å². The van der Waals surface area contributed by atoms with Crippen LogP contribution in [0.25, 0.3) is 0 Å². The molecule has 0 unspecified atom stereocenters. The Labute approximate surface area is 133 Å². The van der Waals surface area contributed by atoms with Crippen LogP contribution in [0.1, 0.15) is 24.1 Å². The quantitative estimate of drug-likeness (QED) is 0.778. The number of rotatable bonds is 3. The smallest absolute Gasteiger partial charge is 0.171 e. The van der Waals surface area contributed by atoms with Gasteiger partial charge in [0.1, 0.15) is 0 Å². The second-order valence-corrected chi connectivity index (χ2v) is 5.97. The molecule has 0 saturated carbocycles. The van der Waals surface area contributed by atoms with Gasteiger partial charge in [-0.3, -0.25) is 0 Å². The lowest BCUT2D eigenvalue weighted by molar-refractivity contribution is 0.719. The van der Waals surface area contributed by atoms with Crippen molar-refractivity contribution in [2.45, 2.75) is 19.9 Å². The van der Waals surface area contributed by atoms with Crippen molar-refractivity contribution in [3.05, 3.63) is 64.1 Å². The topological polar surface area (TPSA) is 24.1 Å². The zero-order valence-corrected chi connectivity index (χ0v) is 13.9. The van der Waals surface area contributed by atoms with Gasteiger partial charge in [0.05, 0.1) is 6.04 Å². The summed E-state index contributed by atoms with van der Waals surface area (Å²) in [7, 11) is 0. The first-order chi connectivity index (χ1) is 9.56. The normalized spacial score (nSPS) is 11.8. The van der Waals surface area contributed by atoms with E-state index in [1.807, 2.05) is 30.3 Å². The molecule has 104 valence electrons. The van der Waals surface area contributed by atoms with Gasteiger partial charge in [0.15, 0.2) is 5.11 Å². The summed E-state index contributed by atoms with van der Waals surface area (Å²) < 4.78 is 1.08. The highest BCUT2D eigenvalue weighted by Gasteiger charge is 2.09. The molecule has 20 heavy (non-hydrogen) atoms. The first-order valence-corrected chi connectivity index (χ1v) is 7.65. The Hall–Kier alpha value is -1.39. The maximum Gasteiger partial charge on any atom is 0.171 e. The molecule has 0 aromatic heterocycles. The fourth-order valence-electron chi connectivity index (χ4n) is 1.90. The molecule has 2 rings (SSSR count). The van der Waals surface area contributed by atoms with Crippen LogP contribution in [0, 0.1) is 6.92 Å². The van der Waals surface area contributed by atoms with E-state index < -0.39 is 0 Å². The largest absolute Gasteiger partial charge is 0.356 e. The molecule has 4 heteroatoms. The minimum atomic E-state index is 0.135. The van der Waals surface area contributed by atoms with Crippen LogP contribution in [-0.4, -0.2) is 5.11 Å². The molecule has 0 bridgehead atoms. The molecule has 2 N–H and O–H groups in total. The maximum absolute atomic E-state index is 5.35. The second-order valence-electron chi connectivity index (χ2n) is 4.71. The monoisotopic (exact) mass is 348 g/mol. The van der Waals surface area contributed by atoms with E-state index in [2.05, 4.69) is 58.6 Å². The number of hydrogen-bond donors (Lipinski definition) is 2. The van der Waals surface area contributed by atoms with E-state index in [4.69, 9.17) is 12.2 Å². The summed E-state index contributed by atoms with van der Waals surface area (Å²) in [6.07, 6.45) is 0. The number of hydrogen-bond acceptors (Lipinski definition) is 1. The molecule has 2 nitrogen and oxygen atoms in total. The van der Waals surface area contributed by atoms with Crippen molar-refractivity contribution in [2.24, 2.45) is 0 Å². The van der Waals surface area contributed by atoms with Crippen molar-refractivity contribution in [1.29, 1.82) is 0 Å². The maximum atomic E-state index is 5.35. The number of nitrogens with one attached hydrogen (secondary N) is 2. The average molecular weight is 349 g/mol. The van der Waals surface area contributed by atoms with Crippen molar-refractivity contribution in [2.75, 3.05) is 5.32 Å². The van der Waals surface area contributed by atoms with Gasteiger partial charge in [0, 0.05) is 10.2 Å². The Morgan fingerprint density at radius 2 is 1.75 bits per heavy atom. The third kappa shape index (κ3) is 4.05. The molecular formula is C16H17BrN2S. The molecule has 0 amide bonds. The lowest BCUT2D eigenvalue weighted by Gasteiger charge is -2.18. The molecule has 2 aromatic rings. The average Bonchev–Trinajstić information content (AvgIpc) is 2.41. The van der Waals surface area contributed by atoms with E-state index in [0.29, 0.717) is 5.11 Å². The fourth-order valence-corrected chi connectivity index (χ4v) is 2.83. The molecule has 0 fully saturated rings. The van der Waals surface area contributed by atoms with Crippen LogP contribution >= 0.6 is 28.1 Å². The van der Waals surface area contributed by atoms with Crippen molar-refractivity contribution in [3.63, 3.8) is 0 Å². The van der Waals surface area contributed by atoms with Gasteiger partial charge in [0.2, 0.25) is 0 Å². The Morgan fingerprint density at radius 3 is 2.40 bits per heavy atom. The molecule has 1 atom stereocenters. The van der Waals surface area contributed by atoms with E-state index in [9.17, 15) is 0 Å². The van der Waals surface area contributed by atoms with Crippen molar-refractivity contribution in [1.82, 2.24) is 5.32 Å². The molecule has 0 radical (unpaired) electrons. The minimum Gasteiger partial charge on any atom is -0.356 e. The van der Waals surface area contributed by atoms with Crippen molar-refractivity contribution in [3.8, 4) is 0 Å². The van der Waals surface area contributed by atoms with Crippen LogP contribution in [0.3, 0.4) is 0 Å². The number of anilines is 1.